The van der Waals surface area contributed by atoms with Gasteiger partial charge in [-0.3, -0.25) is 0 Å². The van der Waals surface area contributed by atoms with Gasteiger partial charge < -0.3 is 4.90 Å². The van der Waals surface area contributed by atoms with Crippen LogP contribution in [0.25, 0.3) is 0 Å². The second kappa shape index (κ2) is 5.21. The van der Waals surface area contributed by atoms with Gasteiger partial charge in [-0.1, -0.05) is 12.8 Å². The topological polar surface area (TPSA) is 27.0 Å². The molecule has 1 saturated carbocycles. The number of fused-ring (bicyclic) bond motifs is 1. The lowest BCUT2D eigenvalue weighted by Crippen LogP contribution is -2.47. The number of hydrogen-bond acceptors (Lipinski definition) is 2. The van der Waals surface area contributed by atoms with Crippen molar-refractivity contribution >= 4 is 5.69 Å². The van der Waals surface area contributed by atoms with E-state index >= 15 is 0 Å². The zero-order valence-electron chi connectivity index (χ0n) is 11.1. The van der Waals surface area contributed by atoms with Crippen LogP contribution in [0.1, 0.15) is 44.1 Å². The maximum atomic E-state index is 13.6. The molecule has 1 aromatic carbocycles. The molecule has 0 N–H and O–H groups in total. The molecule has 1 aliphatic carbocycles. The highest BCUT2D eigenvalue weighted by Gasteiger charge is 2.33. The number of piperidine rings is 1. The molecule has 3 heteroatoms. The fourth-order valence-corrected chi connectivity index (χ4v) is 3.75. The fraction of sp³-hybridized carbons (Fsp3) is 0.562. The Labute approximate surface area is 113 Å². The van der Waals surface area contributed by atoms with Crippen LogP contribution in [0.3, 0.4) is 0 Å². The van der Waals surface area contributed by atoms with Crippen molar-refractivity contribution in [1.29, 1.82) is 5.26 Å². The summed E-state index contributed by atoms with van der Waals surface area (Å²) in [5.41, 5.74) is 1.32. The largest absolute Gasteiger partial charge is 0.368 e. The Morgan fingerprint density at radius 1 is 1.11 bits per heavy atom. The van der Waals surface area contributed by atoms with Crippen molar-refractivity contribution in [3.05, 3.63) is 29.6 Å². The SMILES string of the molecule is N#Cc1cc(F)cc(N2CCC[C@H]3CCCC[C@H]32)c1. The third-order valence-corrected chi connectivity index (χ3v) is 4.59. The number of nitriles is 1. The quantitative estimate of drug-likeness (QED) is 0.765. The molecule has 1 aromatic rings. The molecule has 0 unspecified atom stereocenters. The van der Waals surface area contributed by atoms with Crippen LogP contribution in [0.15, 0.2) is 18.2 Å². The number of anilines is 1. The van der Waals surface area contributed by atoms with E-state index in [1.54, 1.807) is 6.07 Å². The van der Waals surface area contributed by atoms with Crippen LogP contribution in [-0.4, -0.2) is 12.6 Å². The minimum atomic E-state index is -0.299. The summed E-state index contributed by atoms with van der Waals surface area (Å²) >= 11 is 0. The number of benzene rings is 1. The average Bonchev–Trinajstić information content (AvgIpc) is 2.46. The summed E-state index contributed by atoms with van der Waals surface area (Å²) in [6, 6.07) is 7.33. The van der Waals surface area contributed by atoms with E-state index in [1.165, 1.54) is 44.6 Å². The first-order chi connectivity index (χ1) is 9.28. The van der Waals surface area contributed by atoms with Gasteiger partial charge in [0.15, 0.2) is 0 Å². The van der Waals surface area contributed by atoms with Gasteiger partial charge in [-0.25, -0.2) is 4.39 Å². The highest BCUT2D eigenvalue weighted by molar-refractivity contribution is 5.53. The van der Waals surface area contributed by atoms with E-state index in [4.69, 9.17) is 5.26 Å². The Bertz CT molecular complexity index is 504. The maximum Gasteiger partial charge on any atom is 0.126 e. The zero-order chi connectivity index (χ0) is 13.2. The molecular formula is C16H19FN2. The highest BCUT2D eigenvalue weighted by atomic mass is 19.1. The zero-order valence-corrected chi connectivity index (χ0v) is 11.1. The van der Waals surface area contributed by atoms with Crippen molar-refractivity contribution in [2.24, 2.45) is 5.92 Å². The highest BCUT2D eigenvalue weighted by Crippen LogP contribution is 2.38. The van der Waals surface area contributed by atoms with E-state index in [1.807, 2.05) is 6.07 Å². The lowest BCUT2D eigenvalue weighted by molar-refractivity contribution is 0.243. The molecule has 2 nitrogen and oxygen atoms in total. The third-order valence-electron chi connectivity index (χ3n) is 4.59. The molecule has 3 rings (SSSR count). The predicted octanol–water partition coefficient (Wildman–Crippen LogP) is 3.86. The third kappa shape index (κ3) is 2.45. The molecule has 1 heterocycles. The first kappa shape index (κ1) is 12.5. The average molecular weight is 258 g/mol. The van der Waals surface area contributed by atoms with Gasteiger partial charge in [0.25, 0.3) is 0 Å². The first-order valence-electron chi connectivity index (χ1n) is 7.25. The van der Waals surface area contributed by atoms with E-state index < -0.39 is 0 Å². The summed E-state index contributed by atoms with van der Waals surface area (Å²) in [6.45, 7) is 0.996. The molecule has 0 radical (unpaired) electrons. The van der Waals surface area contributed by atoms with Gasteiger partial charge >= 0.3 is 0 Å². The Hall–Kier alpha value is -1.56. The number of rotatable bonds is 1. The van der Waals surface area contributed by atoms with Gasteiger partial charge in [0.1, 0.15) is 5.82 Å². The van der Waals surface area contributed by atoms with Crippen molar-refractivity contribution in [2.75, 3.05) is 11.4 Å². The van der Waals surface area contributed by atoms with Crippen LogP contribution in [0, 0.1) is 23.1 Å². The summed E-state index contributed by atoms with van der Waals surface area (Å²) in [7, 11) is 0. The lowest BCUT2D eigenvalue weighted by Gasteiger charge is -2.45. The second-order valence-electron chi connectivity index (χ2n) is 5.76. The molecule has 2 aliphatic rings. The van der Waals surface area contributed by atoms with Gasteiger partial charge in [-0.2, -0.15) is 5.26 Å². The number of hydrogen-bond donors (Lipinski definition) is 0. The van der Waals surface area contributed by atoms with Gasteiger partial charge in [0.05, 0.1) is 11.6 Å². The summed E-state index contributed by atoms with van der Waals surface area (Å²) in [5, 5.41) is 8.98. The van der Waals surface area contributed by atoms with Crippen LogP contribution >= 0.6 is 0 Å². The minimum absolute atomic E-state index is 0.299. The number of nitrogens with zero attached hydrogens (tertiary/aromatic N) is 2. The first-order valence-corrected chi connectivity index (χ1v) is 7.25. The van der Waals surface area contributed by atoms with Crippen LogP contribution in [0.4, 0.5) is 10.1 Å². The van der Waals surface area contributed by atoms with Crippen LogP contribution in [0.5, 0.6) is 0 Å². The molecule has 19 heavy (non-hydrogen) atoms. The smallest absolute Gasteiger partial charge is 0.126 e. The molecular weight excluding hydrogens is 239 g/mol. The van der Waals surface area contributed by atoms with Gasteiger partial charge in [-0.15, -0.1) is 0 Å². The molecule has 100 valence electrons. The van der Waals surface area contributed by atoms with Gasteiger partial charge in [0, 0.05) is 18.3 Å². The molecule has 0 aromatic heterocycles. The van der Waals surface area contributed by atoms with Crippen molar-refractivity contribution in [3.63, 3.8) is 0 Å². The molecule has 0 amide bonds. The monoisotopic (exact) mass is 258 g/mol. The molecule has 1 saturated heterocycles. The molecule has 1 aliphatic heterocycles. The Balaban J connectivity index is 1.91. The lowest BCUT2D eigenvalue weighted by atomic mass is 9.78. The predicted molar refractivity (Wildman–Crippen MR) is 73.4 cm³/mol. The maximum absolute atomic E-state index is 13.6. The van der Waals surface area contributed by atoms with Gasteiger partial charge in [-0.05, 0) is 49.8 Å². The van der Waals surface area contributed by atoms with Crippen LogP contribution in [0.2, 0.25) is 0 Å². The standard InChI is InChI=1S/C16H19FN2/c17-14-8-12(11-18)9-15(10-14)19-7-3-5-13-4-1-2-6-16(13)19/h8-10,13,16H,1-7H2/t13-,16-/m1/s1. The van der Waals surface area contributed by atoms with E-state index in [9.17, 15) is 4.39 Å². The normalized spacial score (nSPS) is 26.6. The van der Waals surface area contributed by atoms with Crippen molar-refractivity contribution < 1.29 is 4.39 Å². The summed E-state index contributed by atoms with van der Waals surface area (Å²) in [5.74, 6) is 0.461. The summed E-state index contributed by atoms with van der Waals surface area (Å²) in [4.78, 5) is 2.34. The van der Waals surface area contributed by atoms with E-state index in [-0.39, 0.29) is 5.82 Å². The molecule has 2 atom stereocenters. The fourth-order valence-electron chi connectivity index (χ4n) is 3.75. The Morgan fingerprint density at radius 2 is 1.89 bits per heavy atom. The van der Waals surface area contributed by atoms with Crippen molar-refractivity contribution in [1.82, 2.24) is 0 Å². The summed E-state index contributed by atoms with van der Waals surface area (Å²) < 4.78 is 13.6. The van der Waals surface area contributed by atoms with E-state index in [2.05, 4.69) is 11.0 Å². The van der Waals surface area contributed by atoms with E-state index in [0.29, 0.717) is 11.6 Å². The summed E-state index contributed by atoms with van der Waals surface area (Å²) in [6.07, 6.45) is 7.62. The number of halogens is 1. The van der Waals surface area contributed by atoms with Crippen molar-refractivity contribution in [2.45, 2.75) is 44.6 Å². The second-order valence-corrected chi connectivity index (χ2v) is 5.76. The molecule has 2 fully saturated rings. The van der Waals surface area contributed by atoms with E-state index in [0.717, 1.165) is 18.2 Å². The van der Waals surface area contributed by atoms with Gasteiger partial charge in [0.2, 0.25) is 0 Å². The van der Waals surface area contributed by atoms with Crippen LogP contribution < -0.4 is 4.90 Å². The minimum Gasteiger partial charge on any atom is -0.368 e. The Kier molecular flexibility index (Phi) is 3.42. The molecule has 0 bridgehead atoms. The molecule has 0 spiro atoms. The van der Waals surface area contributed by atoms with Crippen LogP contribution in [-0.2, 0) is 0 Å². The Morgan fingerprint density at radius 3 is 2.74 bits per heavy atom. The van der Waals surface area contributed by atoms with Crippen molar-refractivity contribution in [3.8, 4) is 6.07 Å².